The van der Waals surface area contributed by atoms with Gasteiger partial charge in [0.2, 0.25) is 0 Å². The van der Waals surface area contributed by atoms with E-state index in [1.807, 2.05) is 0 Å². The Kier molecular flexibility index (Phi) is 23.3. The van der Waals surface area contributed by atoms with Crippen molar-refractivity contribution in [2.24, 2.45) is 0 Å². The first kappa shape index (κ1) is 34.8. The zero-order chi connectivity index (χ0) is 26.9. The number of carbonyl (C=O) groups excluding carboxylic acids is 2. The minimum absolute atomic E-state index is 0.204. The molecule has 8 nitrogen and oxygen atoms in total. The predicted molar refractivity (Wildman–Crippen MR) is 142 cm³/mol. The Balaban J connectivity index is 4.11. The van der Waals surface area contributed by atoms with Gasteiger partial charge in [-0.05, 0) is 32.1 Å². The maximum Gasteiger partial charge on any atom is 0.469 e. The highest BCUT2D eigenvalue weighted by atomic mass is 31.2. The van der Waals surface area contributed by atoms with Crippen LogP contribution >= 0.6 is 7.82 Å². The van der Waals surface area contributed by atoms with Crippen molar-refractivity contribution in [3.05, 3.63) is 12.2 Å². The SMILES string of the molecule is CCCC/C=C\CCCCCCCC(=O)OC(COC(=O)CCCCCCCCC)COP(=O)(O)O. The van der Waals surface area contributed by atoms with Gasteiger partial charge >= 0.3 is 19.8 Å². The lowest BCUT2D eigenvalue weighted by Gasteiger charge is -2.18. The molecule has 0 spiro atoms. The smallest absolute Gasteiger partial charge is 0.462 e. The van der Waals surface area contributed by atoms with Crippen LogP contribution in [0.4, 0.5) is 0 Å². The Morgan fingerprint density at radius 3 is 1.78 bits per heavy atom. The molecule has 0 amide bonds. The van der Waals surface area contributed by atoms with E-state index in [-0.39, 0.29) is 19.4 Å². The van der Waals surface area contributed by atoms with E-state index in [0.29, 0.717) is 6.42 Å². The zero-order valence-electron chi connectivity index (χ0n) is 22.7. The number of carbonyl (C=O) groups is 2. The highest BCUT2D eigenvalue weighted by Gasteiger charge is 2.22. The first-order valence-corrected chi connectivity index (χ1v) is 15.5. The van der Waals surface area contributed by atoms with Gasteiger partial charge in [0.25, 0.3) is 0 Å². The van der Waals surface area contributed by atoms with E-state index in [4.69, 9.17) is 19.3 Å². The van der Waals surface area contributed by atoms with E-state index in [0.717, 1.165) is 64.2 Å². The van der Waals surface area contributed by atoms with Gasteiger partial charge in [0, 0.05) is 12.8 Å². The van der Waals surface area contributed by atoms with Crippen LogP contribution in [0.1, 0.15) is 129 Å². The fraction of sp³-hybridized carbons (Fsp3) is 0.852. The minimum Gasteiger partial charge on any atom is -0.462 e. The molecule has 36 heavy (non-hydrogen) atoms. The first-order valence-electron chi connectivity index (χ1n) is 14.0. The molecule has 0 aliphatic heterocycles. The molecule has 0 aromatic heterocycles. The number of hydrogen-bond acceptors (Lipinski definition) is 6. The molecule has 9 heteroatoms. The second-order valence-corrected chi connectivity index (χ2v) is 10.6. The third-order valence-electron chi connectivity index (χ3n) is 5.78. The summed E-state index contributed by atoms with van der Waals surface area (Å²) in [4.78, 5) is 42.1. The molecule has 1 atom stereocenters. The Hall–Kier alpha value is -1.21. The molecule has 0 aromatic carbocycles. The van der Waals surface area contributed by atoms with E-state index >= 15 is 0 Å². The lowest BCUT2D eigenvalue weighted by Crippen LogP contribution is -2.29. The van der Waals surface area contributed by atoms with Crippen LogP contribution in [0, 0.1) is 0 Å². The maximum absolute atomic E-state index is 12.2. The van der Waals surface area contributed by atoms with Crippen molar-refractivity contribution < 1.29 is 37.9 Å². The van der Waals surface area contributed by atoms with Crippen LogP contribution in [0.2, 0.25) is 0 Å². The van der Waals surface area contributed by atoms with Gasteiger partial charge in [0.1, 0.15) is 6.61 Å². The molecule has 0 fully saturated rings. The van der Waals surface area contributed by atoms with Crippen molar-refractivity contribution in [2.75, 3.05) is 13.2 Å². The number of phosphoric ester groups is 1. The van der Waals surface area contributed by atoms with Gasteiger partial charge in [-0.15, -0.1) is 0 Å². The van der Waals surface area contributed by atoms with Crippen LogP contribution in [0.15, 0.2) is 12.2 Å². The molecule has 212 valence electrons. The third-order valence-corrected chi connectivity index (χ3v) is 6.27. The number of ether oxygens (including phenoxy) is 2. The van der Waals surface area contributed by atoms with Crippen LogP contribution in [0.3, 0.4) is 0 Å². The second kappa shape index (κ2) is 24.1. The average Bonchev–Trinajstić information content (AvgIpc) is 2.83. The molecule has 0 aliphatic rings. The van der Waals surface area contributed by atoms with Crippen LogP contribution in [0.25, 0.3) is 0 Å². The number of hydrogen-bond donors (Lipinski definition) is 2. The average molecular weight is 535 g/mol. The lowest BCUT2D eigenvalue weighted by atomic mass is 10.1. The summed E-state index contributed by atoms with van der Waals surface area (Å²) in [6.07, 6.45) is 21.0. The second-order valence-electron chi connectivity index (χ2n) is 9.37. The van der Waals surface area contributed by atoms with E-state index in [2.05, 4.69) is 30.5 Å². The van der Waals surface area contributed by atoms with E-state index in [1.165, 1.54) is 32.1 Å². The normalized spacial score (nSPS) is 12.7. The predicted octanol–water partition coefficient (Wildman–Crippen LogP) is 7.17. The molecule has 0 saturated heterocycles. The van der Waals surface area contributed by atoms with Gasteiger partial charge in [-0.3, -0.25) is 14.1 Å². The Labute approximate surface area is 218 Å². The maximum atomic E-state index is 12.2. The van der Waals surface area contributed by atoms with Crippen molar-refractivity contribution >= 4 is 19.8 Å². The standard InChI is InChI=1S/C27H51O8P/c1-3-5-7-9-11-12-13-14-16-18-20-22-27(29)35-25(24-34-36(30,31)32)23-33-26(28)21-19-17-15-10-8-6-4-2/h9,11,25H,3-8,10,12-24H2,1-2H3,(H2,30,31,32)/b11-9-. The van der Waals surface area contributed by atoms with Crippen LogP contribution in [0.5, 0.6) is 0 Å². The highest BCUT2D eigenvalue weighted by molar-refractivity contribution is 7.46. The van der Waals surface area contributed by atoms with Gasteiger partial charge in [0.15, 0.2) is 6.10 Å². The molecule has 0 rings (SSSR count). The molecule has 0 bridgehead atoms. The minimum atomic E-state index is -4.73. The zero-order valence-corrected chi connectivity index (χ0v) is 23.6. The van der Waals surface area contributed by atoms with Crippen LogP contribution in [-0.2, 0) is 28.2 Å². The monoisotopic (exact) mass is 534 g/mol. The largest absolute Gasteiger partial charge is 0.469 e. The number of phosphoric acid groups is 1. The molecule has 2 N–H and O–H groups in total. The summed E-state index contributed by atoms with van der Waals surface area (Å²) < 4.78 is 26.0. The number of allylic oxidation sites excluding steroid dienone is 2. The number of esters is 2. The molecular weight excluding hydrogens is 483 g/mol. The Morgan fingerprint density at radius 1 is 0.694 bits per heavy atom. The van der Waals surface area contributed by atoms with Gasteiger partial charge in [-0.25, -0.2) is 4.57 Å². The van der Waals surface area contributed by atoms with Crippen LogP contribution < -0.4 is 0 Å². The lowest BCUT2D eigenvalue weighted by molar-refractivity contribution is -0.161. The molecule has 0 heterocycles. The number of rotatable bonds is 25. The topological polar surface area (TPSA) is 119 Å². The summed E-state index contributed by atoms with van der Waals surface area (Å²) in [6, 6.07) is 0. The summed E-state index contributed by atoms with van der Waals surface area (Å²) in [5, 5.41) is 0. The molecule has 1 unspecified atom stereocenters. The van der Waals surface area contributed by atoms with E-state index in [1.54, 1.807) is 0 Å². The van der Waals surface area contributed by atoms with Gasteiger partial charge in [-0.1, -0.05) is 96.6 Å². The highest BCUT2D eigenvalue weighted by Crippen LogP contribution is 2.35. The molecule has 0 aromatic rings. The first-order chi connectivity index (χ1) is 17.3. The van der Waals surface area contributed by atoms with Crippen molar-refractivity contribution in [3.63, 3.8) is 0 Å². The van der Waals surface area contributed by atoms with E-state index in [9.17, 15) is 14.2 Å². The van der Waals surface area contributed by atoms with E-state index < -0.39 is 32.5 Å². The quantitative estimate of drug-likeness (QED) is 0.0547. The fourth-order valence-electron chi connectivity index (χ4n) is 3.65. The molecule has 0 radical (unpaired) electrons. The summed E-state index contributed by atoms with van der Waals surface area (Å²) in [6.45, 7) is 3.54. The summed E-state index contributed by atoms with van der Waals surface area (Å²) in [5.41, 5.74) is 0. The molecular formula is C27H51O8P. The molecule has 0 aliphatic carbocycles. The summed E-state index contributed by atoms with van der Waals surface area (Å²) in [5.74, 6) is -0.905. The van der Waals surface area contributed by atoms with Gasteiger partial charge in [-0.2, -0.15) is 0 Å². The van der Waals surface area contributed by atoms with Gasteiger partial charge < -0.3 is 19.3 Å². The van der Waals surface area contributed by atoms with Crippen molar-refractivity contribution in [3.8, 4) is 0 Å². The Bertz CT molecular complexity index is 617. The van der Waals surface area contributed by atoms with Crippen LogP contribution in [-0.4, -0.2) is 41.0 Å². The van der Waals surface area contributed by atoms with Crippen molar-refractivity contribution in [2.45, 2.75) is 136 Å². The number of unbranched alkanes of at least 4 members (excludes halogenated alkanes) is 13. The Morgan fingerprint density at radius 2 is 1.19 bits per heavy atom. The summed E-state index contributed by atoms with van der Waals surface area (Å²) in [7, 11) is -4.73. The van der Waals surface area contributed by atoms with Crippen molar-refractivity contribution in [1.82, 2.24) is 0 Å². The molecule has 0 saturated carbocycles. The fourth-order valence-corrected chi connectivity index (χ4v) is 4.01. The van der Waals surface area contributed by atoms with Crippen molar-refractivity contribution in [1.29, 1.82) is 0 Å². The third kappa shape index (κ3) is 25.9. The van der Waals surface area contributed by atoms with Gasteiger partial charge in [0.05, 0.1) is 6.61 Å². The summed E-state index contributed by atoms with van der Waals surface area (Å²) >= 11 is 0.